The van der Waals surface area contributed by atoms with E-state index in [1.807, 2.05) is 82.3 Å². The van der Waals surface area contributed by atoms with Crippen molar-refractivity contribution in [2.24, 2.45) is 5.92 Å². The second kappa shape index (κ2) is 11.0. The zero-order chi connectivity index (χ0) is 24.7. The molecule has 0 unspecified atom stereocenters. The summed E-state index contributed by atoms with van der Waals surface area (Å²) in [5.41, 5.74) is 2.90. The number of benzene rings is 3. The molecule has 7 nitrogen and oxygen atoms in total. The van der Waals surface area contributed by atoms with Crippen molar-refractivity contribution in [2.45, 2.75) is 33.4 Å². The van der Waals surface area contributed by atoms with Gasteiger partial charge in [-0.2, -0.15) is 0 Å². The lowest BCUT2D eigenvalue weighted by Gasteiger charge is -2.09. The Morgan fingerprint density at radius 2 is 1.53 bits per heavy atom. The van der Waals surface area contributed by atoms with E-state index < -0.39 is 10.0 Å². The van der Waals surface area contributed by atoms with Gasteiger partial charge in [-0.25, -0.2) is 13.1 Å². The summed E-state index contributed by atoms with van der Waals surface area (Å²) in [4.78, 5) is 11.9. The number of amides is 1. The van der Waals surface area contributed by atoms with Crippen LogP contribution >= 0.6 is 0 Å². The number of aromatic nitrogens is 2. The monoisotopic (exact) mass is 478 g/mol. The minimum atomic E-state index is -3.65. The fourth-order valence-electron chi connectivity index (χ4n) is 3.29. The van der Waals surface area contributed by atoms with E-state index in [9.17, 15) is 13.2 Å². The highest BCUT2D eigenvalue weighted by Gasteiger charge is 2.18. The van der Waals surface area contributed by atoms with Crippen molar-refractivity contribution in [3.63, 3.8) is 0 Å². The zero-order valence-corrected chi connectivity index (χ0v) is 20.6. The minimum absolute atomic E-state index is 0.0580. The van der Waals surface area contributed by atoms with E-state index in [0.29, 0.717) is 16.6 Å². The number of carbonyl (C=O) groups is 1. The maximum absolute atomic E-state index is 12.8. The summed E-state index contributed by atoms with van der Waals surface area (Å²) in [7, 11) is -3.65. The second-order valence-electron chi connectivity index (χ2n) is 7.82. The lowest BCUT2D eigenvalue weighted by molar-refractivity contribution is -0.118. The predicted molar refractivity (Wildman–Crippen MR) is 139 cm³/mol. The van der Waals surface area contributed by atoms with Crippen molar-refractivity contribution < 1.29 is 13.2 Å². The van der Waals surface area contributed by atoms with Gasteiger partial charge in [-0.1, -0.05) is 70.2 Å². The Morgan fingerprint density at radius 3 is 2.18 bits per heavy atom. The summed E-state index contributed by atoms with van der Waals surface area (Å²) in [5, 5.41) is 8.10. The Kier molecular flexibility index (Phi) is 8.07. The molecule has 1 heterocycles. The van der Waals surface area contributed by atoms with Gasteiger partial charge in [-0.3, -0.25) is 9.52 Å². The molecule has 178 valence electrons. The molecule has 1 amide bonds. The lowest BCUT2D eigenvalue weighted by atomic mass is 10.2. The minimum Gasteiger partial charge on any atom is -0.326 e. The van der Waals surface area contributed by atoms with Crippen LogP contribution in [0, 0.1) is 5.92 Å². The molecule has 0 aliphatic rings. The maximum Gasteiger partial charge on any atom is 0.238 e. The van der Waals surface area contributed by atoms with Crippen LogP contribution < -0.4 is 10.0 Å². The molecule has 34 heavy (non-hydrogen) atoms. The summed E-state index contributed by atoms with van der Waals surface area (Å²) in [6.07, 6.45) is 0. The van der Waals surface area contributed by atoms with Gasteiger partial charge in [0.2, 0.25) is 15.9 Å². The van der Waals surface area contributed by atoms with Gasteiger partial charge in [0.1, 0.15) is 0 Å². The molecule has 0 saturated carbocycles. The Balaban J connectivity index is 0.00000158. The Hall–Kier alpha value is -3.65. The Morgan fingerprint density at radius 1 is 0.912 bits per heavy atom. The molecule has 3 aromatic carbocycles. The summed E-state index contributed by atoms with van der Waals surface area (Å²) in [5.74, 6) is -0.0402. The molecule has 0 atom stereocenters. The van der Waals surface area contributed by atoms with E-state index in [1.54, 1.807) is 28.9 Å². The van der Waals surface area contributed by atoms with Crippen LogP contribution in [-0.4, -0.2) is 24.1 Å². The molecule has 0 bridgehead atoms. The van der Waals surface area contributed by atoms with Crippen LogP contribution in [0.3, 0.4) is 0 Å². The summed E-state index contributed by atoms with van der Waals surface area (Å²) >= 11 is 0. The fourth-order valence-corrected chi connectivity index (χ4v) is 4.44. The van der Waals surface area contributed by atoms with E-state index in [2.05, 4.69) is 15.1 Å². The fraction of sp³-hybridized carbons (Fsp3) is 0.231. The molecule has 8 heteroatoms. The number of hydrogen-bond donors (Lipinski definition) is 2. The number of fused-ring (bicyclic) bond motifs is 1. The third-order valence-electron chi connectivity index (χ3n) is 4.94. The zero-order valence-electron chi connectivity index (χ0n) is 19.8. The Bertz CT molecular complexity index is 1350. The average Bonchev–Trinajstić information content (AvgIpc) is 3.19. The highest BCUT2D eigenvalue weighted by atomic mass is 32.2. The molecule has 4 aromatic rings. The number of para-hydroxylation sites is 1. The van der Waals surface area contributed by atoms with Crippen LogP contribution in [0.2, 0.25) is 0 Å². The maximum atomic E-state index is 12.8. The van der Waals surface area contributed by atoms with Gasteiger partial charge in [0, 0.05) is 17.0 Å². The van der Waals surface area contributed by atoms with Gasteiger partial charge in [0.25, 0.3) is 0 Å². The lowest BCUT2D eigenvalue weighted by Crippen LogP contribution is -2.17. The Labute approximate surface area is 200 Å². The van der Waals surface area contributed by atoms with E-state index >= 15 is 0 Å². The molecule has 0 aliphatic heterocycles. The van der Waals surface area contributed by atoms with Gasteiger partial charge < -0.3 is 5.32 Å². The van der Waals surface area contributed by atoms with Crippen molar-refractivity contribution in [3.8, 4) is 5.69 Å². The van der Waals surface area contributed by atoms with Crippen LogP contribution in [0.1, 0.15) is 33.3 Å². The van der Waals surface area contributed by atoms with Gasteiger partial charge in [-0.15, -0.1) is 5.10 Å². The van der Waals surface area contributed by atoms with Crippen LogP contribution in [-0.2, 0) is 20.6 Å². The number of nitrogens with one attached hydrogen (secondary N) is 2. The molecule has 0 fully saturated rings. The molecular formula is C26H30N4O3S. The van der Waals surface area contributed by atoms with Gasteiger partial charge in [0.15, 0.2) is 5.82 Å². The number of anilines is 2. The molecule has 0 radical (unpaired) electrons. The van der Waals surface area contributed by atoms with Gasteiger partial charge in [-0.05, 0) is 42.0 Å². The third kappa shape index (κ3) is 6.02. The van der Waals surface area contributed by atoms with E-state index in [4.69, 9.17) is 0 Å². The first-order valence-corrected chi connectivity index (χ1v) is 12.9. The van der Waals surface area contributed by atoms with E-state index in [1.165, 1.54) is 0 Å². The first kappa shape index (κ1) is 25.0. The number of carbonyl (C=O) groups excluding carboxylic acids is 1. The van der Waals surface area contributed by atoms with Crippen molar-refractivity contribution in [2.75, 3.05) is 10.0 Å². The molecule has 0 aliphatic carbocycles. The molecule has 0 spiro atoms. The largest absolute Gasteiger partial charge is 0.326 e. The van der Waals surface area contributed by atoms with Crippen molar-refractivity contribution in [3.05, 3.63) is 84.4 Å². The summed E-state index contributed by atoms with van der Waals surface area (Å²) in [6.45, 7) is 7.67. The molecule has 2 N–H and O–H groups in total. The number of nitrogens with zero attached hydrogens (tertiary/aromatic N) is 2. The molecule has 0 saturated heterocycles. The smallest absolute Gasteiger partial charge is 0.238 e. The number of hydrogen-bond acceptors (Lipinski definition) is 4. The molecular weight excluding hydrogens is 448 g/mol. The van der Waals surface area contributed by atoms with Crippen LogP contribution in [0.15, 0.2) is 78.9 Å². The normalized spacial score (nSPS) is 11.1. The van der Waals surface area contributed by atoms with Crippen LogP contribution in [0.5, 0.6) is 0 Å². The topological polar surface area (TPSA) is 93.1 Å². The van der Waals surface area contributed by atoms with E-state index in [0.717, 1.165) is 11.2 Å². The number of rotatable bonds is 7. The first-order chi connectivity index (χ1) is 16.3. The summed E-state index contributed by atoms with van der Waals surface area (Å²) in [6, 6.07) is 23.7. The van der Waals surface area contributed by atoms with Crippen molar-refractivity contribution in [1.29, 1.82) is 0 Å². The van der Waals surface area contributed by atoms with Crippen molar-refractivity contribution >= 4 is 38.3 Å². The number of sulfonamides is 1. The van der Waals surface area contributed by atoms with Gasteiger partial charge in [0.05, 0.1) is 17.0 Å². The second-order valence-corrected chi connectivity index (χ2v) is 9.54. The van der Waals surface area contributed by atoms with Crippen LogP contribution in [0.25, 0.3) is 16.6 Å². The third-order valence-corrected chi connectivity index (χ3v) is 6.16. The van der Waals surface area contributed by atoms with Crippen LogP contribution in [0.4, 0.5) is 11.5 Å². The molecule has 1 aromatic heterocycles. The van der Waals surface area contributed by atoms with Crippen molar-refractivity contribution in [1.82, 2.24) is 9.78 Å². The summed E-state index contributed by atoms with van der Waals surface area (Å²) < 4.78 is 29.8. The predicted octanol–water partition coefficient (Wildman–Crippen LogP) is 5.59. The highest BCUT2D eigenvalue weighted by Crippen LogP contribution is 2.27. The molecule has 4 rings (SSSR count). The van der Waals surface area contributed by atoms with Gasteiger partial charge >= 0.3 is 0 Å². The average molecular weight is 479 g/mol. The van der Waals surface area contributed by atoms with E-state index in [-0.39, 0.29) is 23.4 Å². The quantitative estimate of drug-likeness (QED) is 0.362. The standard InChI is InChI=1S/C24H24N4O3S.C2H6/c1-17(2)24(29)25-19-12-14-20(15-13-19)28-22-11-7-6-10-21(22)23(26-28)27-32(30,31)16-18-8-4-3-5-9-18;1-2/h3-15,17H,16H2,1-2H3,(H,25,29)(H,26,27);1-2H3. The first-order valence-electron chi connectivity index (χ1n) is 11.3. The highest BCUT2D eigenvalue weighted by molar-refractivity contribution is 7.91. The SMILES string of the molecule is CC.CC(C)C(=O)Nc1ccc(-n2nc(NS(=O)(=O)Cc3ccccc3)c3ccccc32)cc1.